The number of tetrazole rings is 1. The normalized spacial score (nSPS) is 10.5. The molecule has 0 aliphatic rings. The number of benzene rings is 2. The molecule has 1 heterocycles. The highest BCUT2D eigenvalue weighted by molar-refractivity contribution is 14.1. The fourth-order valence-corrected chi connectivity index (χ4v) is 2.41. The largest absolute Gasteiger partial charge is 0.279 e. The van der Waals surface area contributed by atoms with E-state index < -0.39 is 4.92 Å². The SMILES string of the molecule is O=[N+]([O-])c1cccc(-n2cnnn2)c1-c1ccc(I)cc1. The minimum Gasteiger partial charge on any atom is -0.258 e. The lowest BCUT2D eigenvalue weighted by Crippen LogP contribution is -2.01. The molecule has 0 saturated carbocycles. The number of rotatable bonds is 3. The zero-order valence-corrected chi connectivity index (χ0v) is 12.7. The van der Waals surface area contributed by atoms with E-state index in [4.69, 9.17) is 0 Å². The molecule has 8 heteroatoms. The van der Waals surface area contributed by atoms with Crippen molar-refractivity contribution in [2.24, 2.45) is 0 Å². The number of nitro benzene ring substituents is 1. The molecule has 104 valence electrons. The molecule has 0 aliphatic carbocycles. The molecule has 3 rings (SSSR count). The van der Waals surface area contributed by atoms with Crippen LogP contribution in [0, 0.1) is 13.7 Å². The van der Waals surface area contributed by atoms with Gasteiger partial charge in [0.2, 0.25) is 0 Å². The highest BCUT2D eigenvalue weighted by atomic mass is 127. The monoisotopic (exact) mass is 393 g/mol. The molecule has 0 atom stereocenters. The summed E-state index contributed by atoms with van der Waals surface area (Å²) >= 11 is 2.19. The fourth-order valence-electron chi connectivity index (χ4n) is 2.06. The Morgan fingerprint density at radius 2 is 1.90 bits per heavy atom. The lowest BCUT2D eigenvalue weighted by Gasteiger charge is -2.09. The van der Waals surface area contributed by atoms with Crippen LogP contribution in [0.4, 0.5) is 5.69 Å². The van der Waals surface area contributed by atoms with Gasteiger partial charge in [-0.1, -0.05) is 18.2 Å². The smallest absolute Gasteiger partial charge is 0.258 e. The quantitative estimate of drug-likeness (QED) is 0.388. The van der Waals surface area contributed by atoms with Gasteiger partial charge < -0.3 is 0 Å². The minimum absolute atomic E-state index is 0.0178. The van der Waals surface area contributed by atoms with Gasteiger partial charge in [0.05, 0.1) is 16.2 Å². The highest BCUT2D eigenvalue weighted by Gasteiger charge is 2.20. The van der Waals surface area contributed by atoms with Crippen LogP contribution in [-0.4, -0.2) is 25.1 Å². The Balaban J connectivity index is 2.29. The van der Waals surface area contributed by atoms with E-state index in [9.17, 15) is 10.1 Å². The molecule has 7 nitrogen and oxygen atoms in total. The molecule has 21 heavy (non-hydrogen) atoms. The molecule has 0 radical (unpaired) electrons. The van der Waals surface area contributed by atoms with Gasteiger partial charge in [-0.15, -0.1) is 5.10 Å². The highest BCUT2D eigenvalue weighted by Crippen LogP contribution is 2.35. The molecule has 3 aromatic rings. The maximum absolute atomic E-state index is 11.3. The molecular formula is C13H8IN5O2. The number of hydrogen-bond donors (Lipinski definition) is 0. The Labute approximate surface area is 132 Å². The molecule has 1 aromatic heterocycles. The van der Waals surface area contributed by atoms with E-state index in [1.54, 1.807) is 12.1 Å². The van der Waals surface area contributed by atoms with Crippen molar-refractivity contribution in [3.05, 3.63) is 62.5 Å². The first-order chi connectivity index (χ1) is 10.2. The maximum Gasteiger partial charge on any atom is 0.279 e. The second-order valence-corrected chi connectivity index (χ2v) is 5.44. The molecule has 0 bridgehead atoms. The van der Waals surface area contributed by atoms with Gasteiger partial charge in [0.15, 0.2) is 0 Å². The van der Waals surface area contributed by atoms with Crippen LogP contribution in [0.15, 0.2) is 48.8 Å². The summed E-state index contributed by atoms with van der Waals surface area (Å²) in [7, 11) is 0. The van der Waals surface area contributed by atoms with Gasteiger partial charge in [-0.3, -0.25) is 10.1 Å². The van der Waals surface area contributed by atoms with Crippen LogP contribution in [0.2, 0.25) is 0 Å². The fraction of sp³-hybridized carbons (Fsp3) is 0. The Morgan fingerprint density at radius 1 is 1.14 bits per heavy atom. The van der Waals surface area contributed by atoms with Gasteiger partial charge in [0, 0.05) is 9.64 Å². The average Bonchev–Trinajstić information content (AvgIpc) is 3.01. The minimum atomic E-state index is -0.402. The molecular weight excluding hydrogens is 385 g/mol. The van der Waals surface area contributed by atoms with Gasteiger partial charge in [-0.25, -0.2) is 0 Å². The predicted molar refractivity (Wildman–Crippen MR) is 84.0 cm³/mol. The summed E-state index contributed by atoms with van der Waals surface area (Å²) in [6.07, 6.45) is 1.41. The molecule has 0 aliphatic heterocycles. The van der Waals surface area contributed by atoms with Crippen LogP contribution in [0.5, 0.6) is 0 Å². The summed E-state index contributed by atoms with van der Waals surface area (Å²) in [6, 6.07) is 12.3. The molecule has 0 amide bonds. The van der Waals surface area contributed by atoms with Crippen LogP contribution in [0.1, 0.15) is 0 Å². The van der Waals surface area contributed by atoms with Crippen molar-refractivity contribution in [2.75, 3.05) is 0 Å². The first-order valence-corrected chi connectivity index (χ1v) is 7.01. The van der Waals surface area contributed by atoms with E-state index >= 15 is 0 Å². The molecule has 2 aromatic carbocycles. The van der Waals surface area contributed by atoms with E-state index in [-0.39, 0.29) is 5.69 Å². The average molecular weight is 393 g/mol. The van der Waals surface area contributed by atoms with Gasteiger partial charge in [0.1, 0.15) is 6.33 Å². The molecule has 0 unspecified atom stereocenters. The van der Waals surface area contributed by atoms with Crippen LogP contribution in [-0.2, 0) is 0 Å². The van der Waals surface area contributed by atoms with Gasteiger partial charge in [-0.05, 0) is 56.8 Å². The zero-order chi connectivity index (χ0) is 14.8. The van der Waals surface area contributed by atoms with E-state index in [2.05, 4.69) is 38.1 Å². The Hall–Kier alpha value is -2.36. The standard InChI is InChI=1S/C13H8IN5O2/c14-10-6-4-9(5-7-10)13-11(18-8-15-16-17-18)2-1-3-12(13)19(20)21/h1-8H. The number of nitro groups is 1. The van der Waals surface area contributed by atoms with Crippen LogP contribution < -0.4 is 0 Å². The summed E-state index contributed by atoms with van der Waals surface area (Å²) in [6.45, 7) is 0. The second kappa shape index (κ2) is 5.56. The predicted octanol–water partition coefficient (Wildman–Crippen LogP) is 2.84. The third-order valence-electron chi connectivity index (χ3n) is 2.95. The Bertz CT molecular complexity index is 787. The first-order valence-electron chi connectivity index (χ1n) is 5.93. The van der Waals surface area contributed by atoms with Crippen molar-refractivity contribution in [1.29, 1.82) is 0 Å². The maximum atomic E-state index is 11.3. The second-order valence-electron chi connectivity index (χ2n) is 4.19. The lowest BCUT2D eigenvalue weighted by molar-refractivity contribution is -0.384. The van der Waals surface area contributed by atoms with E-state index in [0.717, 1.165) is 9.13 Å². The molecule has 0 fully saturated rings. The van der Waals surface area contributed by atoms with E-state index in [1.807, 2.05) is 24.3 Å². The summed E-state index contributed by atoms with van der Waals surface area (Å²) < 4.78 is 2.47. The number of hydrogen-bond acceptors (Lipinski definition) is 5. The molecule has 0 N–H and O–H groups in total. The molecule has 0 spiro atoms. The Kier molecular flexibility index (Phi) is 3.60. The van der Waals surface area contributed by atoms with Crippen molar-refractivity contribution >= 4 is 28.3 Å². The van der Waals surface area contributed by atoms with Gasteiger partial charge >= 0.3 is 0 Å². The van der Waals surface area contributed by atoms with E-state index in [0.29, 0.717) is 11.3 Å². The number of aromatic nitrogens is 4. The van der Waals surface area contributed by atoms with Crippen molar-refractivity contribution in [1.82, 2.24) is 20.2 Å². The first kappa shape index (κ1) is 13.6. The Morgan fingerprint density at radius 3 is 2.52 bits per heavy atom. The number of nitrogens with zero attached hydrogens (tertiary/aromatic N) is 5. The van der Waals surface area contributed by atoms with Crippen molar-refractivity contribution in [3.63, 3.8) is 0 Å². The topological polar surface area (TPSA) is 86.7 Å². The summed E-state index contributed by atoms with van der Waals surface area (Å²) in [4.78, 5) is 10.9. The van der Waals surface area contributed by atoms with Gasteiger partial charge in [0.25, 0.3) is 5.69 Å². The number of halogens is 1. The van der Waals surface area contributed by atoms with Crippen molar-refractivity contribution in [2.45, 2.75) is 0 Å². The van der Waals surface area contributed by atoms with Crippen LogP contribution in [0.25, 0.3) is 16.8 Å². The lowest BCUT2D eigenvalue weighted by atomic mass is 10.0. The van der Waals surface area contributed by atoms with Crippen LogP contribution >= 0.6 is 22.6 Å². The van der Waals surface area contributed by atoms with Crippen molar-refractivity contribution in [3.8, 4) is 16.8 Å². The van der Waals surface area contributed by atoms with Crippen LogP contribution in [0.3, 0.4) is 0 Å². The summed E-state index contributed by atoms with van der Waals surface area (Å²) in [5.74, 6) is 0. The summed E-state index contributed by atoms with van der Waals surface area (Å²) in [5, 5.41) is 22.3. The van der Waals surface area contributed by atoms with Crippen molar-refractivity contribution < 1.29 is 4.92 Å². The van der Waals surface area contributed by atoms with E-state index in [1.165, 1.54) is 17.1 Å². The third-order valence-corrected chi connectivity index (χ3v) is 3.67. The summed E-state index contributed by atoms with van der Waals surface area (Å²) in [5.41, 5.74) is 1.82. The third kappa shape index (κ3) is 2.61. The van der Waals surface area contributed by atoms with Gasteiger partial charge in [-0.2, -0.15) is 4.68 Å². The molecule has 0 saturated heterocycles. The zero-order valence-electron chi connectivity index (χ0n) is 10.5.